The summed E-state index contributed by atoms with van der Waals surface area (Å²) in [7, 11) is 0.388. The van der Waals surface area contributed by atoms with Crippen LogP contribution in [-0.4, -0.2) is 46.5 Å². The van der Waals surface area contributed by atoms with Gasteiger partial charge in [-0.25, -0.2) is 12.7 Å². The molecule has 6 nitrogen and oxygen atoms in total. The standard InChI is InChI=1S/C13H19NO5S/c1-10-5-6-11(18-3)12(9-10)20(16,17)14(2)8-7-13(15)19-4/h5-6,9H,7-8H2,1-4H3. The molecular formula is C13H19NO5S. The smallest absolute Gasteiger partial charge is 0.306 e. The molecule has 0 spiro atoms. The topological polar surface area (TPSA) is 72.9 Å². The van der Waals surface area contributed by atoms with Crippen LogP contribution in [0.3, 0.4) is 0 Å². The lowest BCUT2D eigenvalue weighted by Gasteiger charge is -2.18. The number of hydrogen-bond acceptors (Lipinski definition) is 5. The van der Waals surface area contributed by atoms with E-state index in [-0.39, 0.29) is 23.6 Å². The van der Waals surface area contributed by atoms with Crippen molar-refractivity contribution < 1.29 is 22.7 Å². The number of methoxy groups -OCH3 is 2. The molecule has 0 saturated heterocycles. The molecule has 0 fully saturated rings. The second-order valence-corrected chi connectivity index (χ2v) is 6.32. The van der Waals surface area contributed by atoms with E-state index in [4.69, 9.17) is 4.74 Å². The predicted octanol–water partition coefficient (Wildman–Crippen LogP) is 1.19. The van der Waals surface area contributed by atoms with Crippen molar-refractivity contribution in [3.05, 3.63) is 23.8 Å². The summed E-state index contributed by atoms with van der Waals surface area (Å²) in [6, 6.07) is 4.92. The zero-order valence-electron chi connectivity index (χ0n) is 12.0. The Bertz CT molecular complexity index is 582. The van der Waals surface area contributed by atoms with Crippen LogP contribution in [0.2, 0.25) is 0 Å². The van der Waals surface area contributed by atoms with Gasteiger partial charge in [-0.15, -0.1) is 0 Å². The second-order valence-electron chi connectivity index (χ2n) is 4.31. The molecule has 1 aromatic rings. The largest absolute Gasteiger partial charge is 0.495 e. The number of rotatable bonds is 6. The molecule has 0 aromatic heterocycles. The van der Waals surface area contributed by atoms with Crippen LogP contribution in [-0.2, 0) is 19.6 Å². The Labute approximate surface area is 119 Å². The van der Waals surface area contributed by atoms with E-state index < -0.39 is 16.0 Å². The van der Waals surface area contributed by atoms with Gasteiger partial charge in [-0.1, -0.05) is 6.07 Å². The normalized spacial score (nSPS) is 11.4. The maximum Gasteiger partial charge on any atom is 0.306 e. The van der Waals surface area contributed by atoms with Gasteiger partial charge in [0.2, 0.25) is 10.0 Å². The van der Waals surface area contributed by atoms with Crippen LogP contribution in [0.15, 0.2) is 23.1 Å². The highest BCUT2D eigenvalue weighted by Crippen LogP contribution is 2.27. The third-order valence-corrected chi connectivity index (χ3v) is 4.74. The van der Waals surface area contributed by atoms with Gasteiger partial charge in [-0.05, 0) is 24.6 Å². The number of carbonyl (C=O) groups is 1. The van der Waals surface area contributed by atoms with Crippen molar-refractivity contribution in [3.63, 3.8) is 0 Å². The van der Waals surface area contributed by atoms with Crippen LogP contribution in [0, 0.1) is 6.92 Å². The lowest BCUT2D eigenvalue weighted by atomic mass is 10.2. The van der Waals surface area contributed by atoms with Crippen LogP contribution < -0.4 is 4.74 Å². The molecule has 20 heavy (non-hydrogen) atoms. The minimum atomic E-state index is -3.71. The summed E-state index contributed by atoms with van der Waals surface area (Å²) in [5, 5.41) is 0. The first-order chi connectivity index (χ1) is 9.32. The number of esters is 1. The molecule has 7 heteroatoms. The maximum atomic E-state index is 12.5. The van der Waals surface area contributed by atoms with E-state index in [0.717, 1.165) is 9.87 Å². The molecule has 0 amide bonds. The third kappa shape index (κ3) is 3.71. The molecule has 0 aliphatic rings. The Morgan fingerprint density at radius 1 is 1.30 bits per heavy atom. The van der Waals surface area contributed by atoms with Gasteiger partial charge in [0.15, 0.2) is 0 Å². The molecule has 0 aliphatic carbocycles. The summed E-state index contributed by atoms with van der Waals surface area (Å²) in [6.45, 7) is 1.85. The van der Waals surface area contributed by atoms with E-state index in [1.165, 1.54) is 21.3 Å². The van der Waals surface area contributed by atoms with Crippen molar-refractivity contribution in [2.24, 2.45) is 0 Å². The highest BCUT2D eigenvalue weighted by molar-refractivity contribution is 7.89. The molecule has 0 heterocycles. The Hall–Kier alpha value is -1.60. The average Bonchev–Trinajstić information content (AvgIpc) is 2.43. The molecule has 0 radical (unpaired) electrons. The molecule has 0 N–H and O–H groups in total. The molecule has 0 atom stereocenters. The van der Waals surface area contributed by atoms with Gasteiger partial charge >= 0.3 is 5.97 Å². The molecule has 112 valence electrons. The molecule has 0 bridgehead atoms. The Kier molecular flexibility index (Phi) is 5.52. The number of aryl methyl sites for hydroxylation is 1. The van der Waals surface area contributed by atoms with Crippen molar-refractivity contribution in [1.29, 1.82) is 0 Å². The van der Waals surface area contributed by atoms with E-state index in [1.807, 2.05) is 0 Å². The van der Waals surface area contributed by atoms with Crippen molar-refractivity contribution in [3.8, 4) is 5.75 Å². The number of nitrogens with zero attached hydrogens (tertiary/aromatic N) is 1. The monoisotopic (exact) mass is 301 g/mol. The number of carbonyl (C=O) groups excluding carboxylic acids is 1. The summed E-state index contributed by atoms with van der Waals surface area (Å²) in [6.07, 6.45) is 0.000358. The van der Waals surface area contributed by atoms with E-state index in [2.05, 4.69) is 4.74 Å². The van der Waals surface area contributed by atoms with Crippen molar-refractivity contribution in [1.82, 2.24) is 4.31 Å². The zero-order chi connectivity index (χ0) is 15.3. The molecule has 1 rings (SSSR count). The van der Waals surface area contributed by atoms with Crippen molar-refractivity contribution in [2.75, 3.05) is 27.8 Å². The van der Waals surface area contributed by atoms with E-state index in [9.17, 15) is 13.2 Å². The zero-order valence-corrected chi connectivity index (χ0v) is 12.9. The SMILES string of the molecule is COC(=O)CCN(C)S(=O)(=O)c1cc(C)ccc1OC. The average molecular weight is 301 g/mol. The van der Waals surface area contributed by atoms with Crippen LogP contribution in [0.4, 0.5) is 0 Å². The number of benzene rings is 1. The van der Waals surface area contributed by atoms with Gasteiger partial charge in [-0.3, -0.25) is 4.79 Å². The number of hydrogen-bond donors (Lipinski definition) is 0. The highest BCUT2D eigenvalue weighted by Gasteiger charge is 2.25. The van der Waals surface area contributed by atoms with Crippen LogP contribution in [0.1, 0.15) is 12.0 Å². The number of sulfonamides is 1. The third-order valence-electron chi connectivity index (χ3n) is 2.87. The Morgan fingerprint density at radius 3 is 2.50 bits per heavy atom. The summed E-state index contributed by atoms with van der Waals surface area (Å²) in [4.78, 5) is 11.2. The lowest BCUT2D eigenvalue weighted by Crippen LogP contribution is -2.29. The maximum absolute atomic E-state index is 12.5. The van der Waals surface area contributed by atoms with Gasteiger partial charge in [0.05, 0.1) is 20.6 Å². The van der Waals surface area contributed by atoms with Crippen LogP contribution in [0.25, 0.3) is 0 Å². The fourth-order valence-corrected chi connectivity index (χ4v) is 3.03. The minimum absolute atomic E-state index is 0.000358. The van der Waals surface area contributed by atoms with Gasteiger partial charge < -0.3 is 9.47 Å². The van der Waals surface area contributed by atoms with E-state index in [1.54, 1.807) is 25.1 Å². The van der Waals surface area contributed by atoms with Gasteiger partial charge in [0, 0.05) is 13.6 Å². The first kappa shape index (κ1) is 16.5. The Balaban J connectivity index is 3.04. The van der Waals surface area contributed by atoms with Crippen molar-refractivity contribution in [2.45, 2.75) is 18.2 Å². The van der Waals surface area contributed by atoms with Crippen molar-refractivity contribution >= 4 is 16.0 Å². The molecule has 0 saturated carbocycles. The summed E-state index contributed by atoms with van der Waals surface area (Å²) >= 11 is 0. The van der Waals surface area contributed by atoms with Gasteiger partial charge in [0.1, 0.15) is 10.6 Å². The molecule has 0 unspecified atom stereocenters. The predicted molar refractivity (Wildman–Crippen MR) is 74.2 cm³/mol. The minimum Gasteiger partial charge on any atom is -0.495 e. The van der Waals surface area contributed by atoms with E-state index >= 15 is 0 Å². The first-order valence-electron chi connectivity index (χ1n) is 6.00. The van der Waals surface area contributed by atoms with Crippen LogP contribution in [0.5, 0.6) is 5.75 Å². The summed E-state index contributed by atoms with van der Waals surface area (Å²) in [5.74, 6) is -0.177. The quantitative estimate of drug-likeness (QED) is 0.738. The fraction of sp³-hybridized carbons (Fsp3) is 0.462. The highest BCUT2D eigenvalue weighted by atomic mass is 32.2. The molecular weight excluding hydrogens is 282 g/mol. The molecule has 1 aromatic carbocycles. The first-order valence-corrected chi connectivity index (χ1v) is 7.44. The Morgan fingerprint density at radius 2 is 1.95 bits per heavy atom. The van der Waals surface area contributed by atoms with Gasteiger partial charge in [0.25, 0.3) is 0 Å². The van der Waals surface area contributed by atoms with E-state index in [0.29, 0.717) is 0 Å². The lowest BCUT2D eigenvalue weighted by molar-refractivity contribution is -0.140. The second kappa shape index (κ2) is 6.71. The molecule has 0 aliphatic heterocycles. The summed E-state index contributed by atoms with van der Waals surface area (Å²) < 4.78 is 35.6. The van der Waals surface area contributed by atoms with Gasteiger partial charge in [-0.2, -0.15) is 0 Å². The van der Waals surface area contributed by atoms with Crippen LogP contribution >= 0.6 is 0 Å². The summed E-state index contributed by atoms with van der Waals surface area (Å²) in [5.41, 5.74) is 0.811. The fourth-order valence-electron chi connectivity index (χ4n) is 1.62. The number of ether oxygens (including phenoxy) is 2.